The summed E-state index contributed by atoms with van der Waals surface area (Å²) in [5.74, 6) is 0. The average Bonchev–Trinajstić information content (AvgIpc) is 2.66. The van der Waals surface area contributed by atoms with E-state index in [-0.39, 0.29) is 10.6 Å². The summed E-state index contributed by atoms with van der Waals surface area (Å²) in [4.78, 5) is 13.6. The molecule has 0 aromatic heterocycles. The van der Waals surface area contributed by atoms with E-state index in [9.17, 15) is 10.1 Å². The first-order valence-corrected chi connectivity index (χ1v) is 11.0. The molecule has 1 saturated heterocycles. The maximum absolute atomic E-state index is 11.3. The molecule has 1 aliphatic heterocycles. The average molecular weight is 388 g/mol. The molecule has 2 saturated carbocycles. The molecule has 1 aromatic rings. The Morgan fingerprint density at radius 1 is 1.04 bits per heavy atom. The first kappa shape index (κ1) is 19.6. The summed E-state index contributed by atoms with van der Waals surface area (Å²) < 4.78 is 6.20. The van der Waals surface area contributed by atoms with Gasteiger partial charge in [0.05, 0.1) is 17.1 Å². The molecular weight excluding hydrogens is 354 g/mol. The molecule has 0 radical (unpaired) electrons. The lowest BCUT2D eigenvalue weighted by atomic mass is 9.89. The van der Waals surface area contributed by atoms with Gasteiger partial charge in [-0.1, -0.05) is 6.07 Å². The van der Waals surface area contributed by atoms with Crippen LogP contribution in [0.2, 0.25) is 0 Å². The second-order valence-electron chi connectivity index (χ2n) is 8.85. The van der Waals surface area contributed by atoms with Gasteiger partial charge in [0.25, 0.3) is 5.69 Å². The molecule has 3 fully saturated rings. The Hall–Kier alpha value is -1.66. The zero-order chi connectivity index (χ0) is 19.5. The zero-order valence-corrected chi connectivity index (χ0v) is 16.9. The molecule has 154 valence electrons. The van der Waals surface area contributed by atoms with Crippen LogP contribution in [0.3, 0.4) is 0 Å². The van der Waals surface area contributed by atoms with E-state index in [1.165, 1.54) is 44.9 Å². The van der Waals surface area contributed by atoms with Crippen molar-refractivity contribution in [2.45, 2.75) is 89.0 Å². The summed E-state index contributed by atoms with van der Waals surface area (Å²) in [6, 6.07) is 6.31. The van der Waals surface area contributed by atoms with Crippen molar-refractivity contribution in [2.24, 2.45) is 0 Å². The van der Waals surface area contributed by atoms with Gasteiger partial charge in [-0.15, -0.1) is 0 Å². The Morgan fingerprint density at radius 2 is 1.71 bits per heavy atom. The number of nitro groups is 1. The number of rotatable bonds is 6. The minimum Gasteiger partial charge on any atom is -0.377 e. The van der Waals surface area contributed by atoms with E-state index in [1.54, 1.807) is 12.1 Å². The van der Waals surface area contributed by atoms with Gasteiger partial charge in [0, 0.05) is 31.2 Å². The van der Waals surface area contributed by atoms with Crippen LogP contribution in [0.5, 0.6) is 0 Å². The number of aryl methyl sites for hydroxylation is 1. The van der Waals surface area contributed by atoms with Crippen molar-refractivity contribution < 1.29 is 9.66 Å². The second kappa shape index (κ2) is 8.78. The van der Waals surface area contributed by atoms with Gasteiger partial charge in [0.15, 0.2) is 0 Å². The minimum atomic E-state index is -0.291. The summed E-state index contributed by atoms with van der Waals surface area (Å²) >= 11 is 0. The normalized spacial score (nSPS) is 27.3. The molecule has 1 N–H and O–H groups in total. The lowest BCUT2D eigenvalue weighted by molar-refractivity contribution is -0.384. The molecule has 6 heteroatoms. The largest absolute Gasteiger partial charge is 0.377 e. The van der Waals surface area contributed by atoms with Crippen molar-refractivity contribution in [3.8, 4) is 0 Å². The lowest BCUT2D eigenvalue weighted by Crippen LogP contribution is -2.46. The fourth-order valence-electron chi connectivity index (χ4n) is 4.88. The van der Waals surface area contributed by atoms with Gasteiger partial charge in [-0.05, 0) is 76.3 Å². The summed E-state index contributed by atoms with van der Waals surface area (Å²) in [6.45, 7) is 4.13. The number of hydrogen-bond acceptors (Lipinski definition) is 5. The van der Waals surface area contributed by atoms with E-state index < -0.39 is 0 Å². The highest BCUT2D eigenvalue weighted by molar-refractivity contribution is 5.63. The van der Waals surface area contributed by atoms with Crippen molar-refractivity contribution in [1.29, 1.82) is 0 Å². The van der Waals surface area contributed by atoms with Gasteiger partial charge in [-0.3, -0.25) is 10.1 Å². The minimum absolute atomic E-state index is 0.179. The van der Waals surface area contributed by atoms with Crippen molar-refractivity contribution in [1.82, 2.24) is 4.90 Å². The van der Waals surface area contributed by atoms with Crippen LogP contribution in [0, 0.1) is 17.0 Å². The molecule has 1 aromatic carbocycles. The van der Waals surface area contributed by atoms with Gasteiger partial charge in [0.2, 0.25) is 0 Å². The van der Waals surface area contributed by atoms with E-state index >= 15 is 0 Å². The summed E-state index contributed by atoms with van der Waals surface area (Å²) in [7, 11) is 0. The highest BCUT2D eigenvalue weighted by Gasteiger charge is 2.31. The molecule has 4 rings (SSSR count). The standard InChI is InChI=1S/C22H33N3O3/c1-16-5-10-22(25(26)27)21(15-16)23-17-11-13-24(14-12-17)18-6-8-20(9-7-18)28-19-3-2-4-19/h5,10,15,17-20,23H,2-4,6-9,11-14H2,1H3. The first-order chi connectivity index (χ1) is 13.6. The number of ether oxygens (including phenoxy) is 1. The molecular formula is C22H33N3O3. The molecule has 0 amide bonds. The number of piperidine rings is 1. The van der Waals surface area contributed by atoms with Crippen LogP contribution in [-0.2, 0) is 4.74 Å². The smallest absolute Gasteiger partial charge is 0.292 e. The van der Waals surface area contributed by atoms with Crippen LogP contribution in [0.4, 0.5) is 11.4 Å². The molecule has 0 atom stereocenters. The predicted molar refractivity (Wildman–Crippen MR) is 111 cm³/mol. The van der Waals surface area contributed by atoms with Crippen LogP contribution in [0.15, 0.2) is 18.2 Å². The fraction of sp³-hybridized carbons (Fsp3) is 0.727. The molecule has 0 spiro atoms. The number of nitrogens with one attached hydrogen (secondary N) is 1. The third-order valence-electron chi connectivity index (χ3n) is 6.84. The number of likely N-dealkylation sites (tertiary alicyclic amines) is 1. The lowest BCUT2D eigenvalue weighted by Gasteiger charge is -2.42. The van der Waals surface area contributed by atoms with Crippen LogP contribution in [0.25, 0.3) is 0 Å². The van der Waals surface area contributed by atoms with Gasteiger partial charge in [0.1, 0.15) is 5.69 Å². The quantitative estimate of drug-likeness (QED) is 0.568. The molecule has 2 aliphatic carbocycles. The van der Waals surface area contributed by atoms with Crippen molar-refractivity contribution in [2.75, 3.05) is 18.4 Å². The van der Waals surface area contributed by atoms with Crippen molar-refractivity contribution in [3.05, 3.63) is 33.9 Å². The zero-order valence-electron chi connectivity index (χ0n) is 16.9. The maximum Gasteiger partial charge on any atom is 0.292 e. The van der Waals surface area contributed by atoms with Crippen LogP contribution >= 0.6 is 0 Å². The topological polar surface area (TPSA) is 67.6 Å². The summed E-state index contributed by atoms with van der Waals surface area (Å²) in [5.41, 5.74) is 1.89. The molecule has 0 unspecified atom stereocenters. The van der Waals surface area contributed by atoms with E-state index in [2.05, 4.69) is 10.2 Å². The number of anilines is 1. The number of hydrogen-bond donors (Lipinski definition) is 1. The van der Waals surface area contributed by atoms with E-state index in [1.807, 2.05) is 13.0 Å². The predicted octanol–water partition coefficient (Wildman–Crippen LogP) is 4.66. The Labute approximate surface area is 167 Å². The van der Waals surface area contributed by atoms with Gasteiger partial charge in [-0.25, -0.2) is 0 Å². The number of nitrogens with zero attached hydrogens (tertiary/aromatic N) is 2. The first-order valence-electron chi connectivity index (χ1n) is 11.0. The van der Waals surface area contributed by atoms with Gasteiger partial charge < -0.3 is 15.0 Å². The third kappa shape index (κ3) is 4.66. The SMILES string of the molecule is Cc1ccc([N+](=O)[O-])c(NC2CCN(C3CCC(OC4CCC4)CC3)CC2)c1. The van der Waals surface area contributed by atoms with Gasteiger partial charge in [-0.2, -0.15) is 0 Å². The van der Waals surface area contributed by atoms with E-state index in [0.717, 1.165) is 31.5 Å². The Balaban J connectivity index is 1.24. The molecule has 3 aliphatic rings. The molecule has 1 heterocycles. The van der Waals surface area contributed by atoms with Crippen LogP contribution < -0.4 is 5.32 Å². The highest BCUT2D eigenvalue weighted by atomic mass is 16.6. The molecule has 6 nitrogen and oxygen atoms in total. The fourth-order valence-corrected chi connectivity index (χ4v) is 4.88. The van der Waals surface area contributed by atoms with Crippen molar-refractivity contribution >= 4 is 11.4 Å². The number of benzene rings is 1. The highest BCUT2D eigenvalue weighted by Crippen LogP contribution is 2.32. The van der Waals surface area contributed by atoms with Crippen molar-refractivity contribution in [3.63, 3.8) is 0 Å². The molecule has 0 bridgehead atoms. The third-order valence-corrected chi connectivity index (χ3v) is 6.84. The summed E-state index contributed by atoms with van der Waals surface area (Å²) in [6.07, 6.45) is 11.9. The van der Waals surface area contributed by atoms with Crippen LogP contribution in [0.1, 0.15) is 63.4 Å². The summed E-state index contributed by atoms with van der Waals surface area (Å²) in [5, 5.41) is 14.7. The van der Waals surface area contributed by atoms with E-state index in [4.69, 9.17) is 4.74 Å². The monoisotopic (exact) mass is 387 g/mol. The second-order valence-corrected chi connectivity index (χ2v) is 8.85. The Morgan fingerprint density at radius 3 is 2.32 bits per heavy atom. The Bertz CT molecular complexity index is 676. The Kier molecular flexibility index (Phi) is 6.16. The van der Waals surface area contributed by atoms with Crippen LogP contribution in [-0.4, -0.2) is 47.2 Å². The van der Waals surface area contributed by atoms with Gasteiger partial charge >= 0.3 is 0 Å². The van der Waals surface area contributed by atoms with E-state index in [0.29, 0.717) is 30.0 Å². The maximum atomic E-state index is 11.3. The number of nitro benzene ring substituents is 1. The molecule has 28 heavy (non-hydrogen) atoms.